The summed E-state index contributed by atoms with van der Waals surface area (Å²) in [5.74, 6) is 0.930. The number of rotatable bonds is 2. The Labute approximate surface area is 76.9 Å². The Balaban J connectivity index is 2.24. The maximum Gasteiger partial charge on any atom is 0.0260 e. The molecular weight excluding hydrogens is 237 g/mol. The van der Waals surface area contributed by atoms with E-state index in [2.05, 4.69) is 22.6 Å². The lowest BCUT2D eigenvalue weighted by Gasteiger charge is -2.25. The molecule has 1 aliphatic carbocycles. The van der Waals surface area contributed by atoms with E-state index in [1.54, 1.807) is 0 Å². The monoisotopic (exact) mass is 253 g/mol. The minimum absolute atomic E-state index is 0.734. The van der Waals surface area contributed by atoms with Crippen LogP contribution >= 0.6 is 22.6 Å². The summed E-state index contributed by atoms with van der Waals surface area (Å²) in [6, 6.07) is 0. The van der Waals surface area contributed by atoms with Crippen LogP contribution in [-0.4, -0.2) is 10.5 Å². The van der Waals surface area contributed by atoms with Gasteiger partial charge in [0.15, 0.2) is 0 Å². The fraction of sp³-hybridized carbons (Fsp3) is 1.00. The summed E-state index contributed by atoms with van der Waals surface area (Å²) in [5.41, 5.74) is 5.60. The molecule has 0 aromatic carbocycles. The summed E-state index contributed by atoms with van der Waals surface area (Å²) in [7, 11) is 0. The SMILES string of the molecule is NCC(I)C1CCCCC1. The Morgan fingerprint density at radius 2 is 1.90 bits per heavy atom. The number of hydrogen-bond acceptors (Lipinski definition) is 1. The molecule has 10 heavy (non-hydrogen) atoms. The predicted octanol–water partition coefficient (Wildman–Crippen LogP) is 2.33. The van der Waals surface area contributed by atoms with Crippen molar-refractivity contribution in [2.75, 3.05) is 6.54 Å². The van der Waals surface area contributed by atoms with Gasteiger partial charge in [0.25, 0.3) is 0 Å². The normalized spacial score (nSPS) is 24.6. The van der Waals surface area contributed by atoms with Gasteiger partial charge in [0.1, 0.15) is 0 Å². The van der Waals surface area contributed by atoms with E-state index < -0.39 is 0 Å². The van der Waals surface area contributed by atoms with E-state index >= 15 is 0 Å². The summed E-state index contributed by atoms with van der Waals surface area (Å²) >= 11 is 2.50. The zero-order valence-corrected chi connectivity index (χ0v) is 8.51. The third kappa shape index (κ3) is 2.38. The fourth-order valence-corrected chi connectivity index (χ4v) is 2.41. The van der Waals surface area contributed by atoms with E-state index in [1.807, 2.05) is 0 Å². The van der Waals surface area contributed by atoms with E-state index in [1.165, 1.54) is 32.1 Å². The molecule has 1 nitrogen and oxygen atoms in total. The highest BCUT2D eigenvalue weighted by atomic mass is 127. The summed E-state index contributed by atoms with van der Waals surface area (Å²) in [5, 5.41) is 0. The molecule has 1 fully saturated rings. The lowest BCUT2D eigenvalue weighted by molar-refractivity contribution is 0.357. The van der Waals surface area contributed by atoms with E-state index in [4.69, 9.17) is 5.73 Å². The van der Waals surface area contributed by atoms with E-state index in [0.717, 1.165) is 16.4 Å². The van der Waals surface area contributed by atoms with Gasteiger partial charge in [-0.2, -0.15) is 0 Å². The Hall–Kier alpha value is 0.690. The van der Waals surface area contributed by atoms with E-state index in [-0.39, 0.29) is 0 Å². The zero-order chi connectivity index (χ0) is 7.40. The summed E-state index contributed by atoms with van der Waals surface area (Å²) in [6.45, 7) is 0.866. The smallest absolute Gasteiger partial charge is 0.0260 e. The second kappa shape index (κ2) is 4.54. The quantitative estimate of drug-likeness (QED) is 0.593. The molecule has 0 aromatic rings. The number of hydrogen-bond donors (Lipinski definition) is 1. The molecule has 60 valence electrons. The van der Waals surface area contributed by atoms with Crippen LogP contribution in [0.1, 0.15) is 32.1 Å². The molecule has 0 radical (unpaired) electrons. The van der Waals surface area contributed by atoms with Crippen LogP contribution in [0.5, 0.6) is 0 Å². The molecule has 0 aromatic heterocycles. The number of nitrogens with two attached hydrogens (primary N) is 1. The highest BCUT2D eigenvalue weighted by Gasteiger charge is 2.19. The molecule has 0 heterocycles. The minimum atomic E-state index is 0.734. The van der Waals surface area contributed by atoms with Crippen LogP contribution in [0.3, 0.4) is 0 Å². The van der Waals surface area contributed by atoms with Crippen molar-refractivity contribution in [2.24, 2.45) is 11.7 Å². The molecule has 2 heteroatoms. The van der Waals surface area contributed by atoms with Gasteiger partial charge < -0.3 is 5.73 Å². The van der Waals surface area contributed by atoms with Gasteiger partial charge in [-0.3, -0.25) is 0 Å². The molecule has 0 aliphatic heterocycles. The van der Waals surface area contributed by atoms with Crippen molar-refractivity contribution < 1.29 is 0 Å². The summed E-state index contributed by atoms with van der Waals surface area (Å²) < 4.78 is 0.734. The van der Waals surface area contributed by atoms with Crippen molar-refractivity contribution in [3.8, 4) is 0 Å². The van der Waals surface area contributed by atoms with Gasteiger partial charge in [0, 0.05) is 10.5 Å². The van der Waals surface area contributed by atoms with E-state index in [0.29, 0.717) is 0 Å². The molecule has 2 N–H and O–H groups in total. The highest BCUT2D eigenvalue weighted by molar-refractivity contribution is 14.1. The third-order valence-corrected chi connectivity index (χ3v) is 3.91. The first-order chi connectivity index (χ1) is 4.84. The molecule has 0 amide bonds. The van der Waals surface area contributed by atoms with Crippen molar-refractivity contribution in [3.05, 3.63) is 0 Å². The molecule has 1 saturated carbocycles. The topological polar surface area (TPSA) is 26.0 Å². The average Bonchev–Trinajstić information content (AvgIpc) is 2.05. The van der Waals surface area contributed by atoms with Crippen molar-refractivity contribution in [1.82, 2.24) is 0 Å². The van der Waals surface area contributed by atoms with Crippen LogP contribution in [0.2, 0.25) is 0 Å². The summed E-state index contributed by atoms with van der Waals surface area (Å²) in [6.07, 6.45) is 7.16. The Morgan fingerprint density at radius 3 is 2.40 bits per heavy atom. The standard InChI is InChI=1S/C8H16IN/c9-8(6-10)7-4-2-1-3-5-7/h7-8H,1-6,10H2. The molecule has 1 aliphatic rings. The van der Waals surface area contributed by atoms with Crippen LogP contribution in [0.15, 0.2) is 0 Å². The molecule has 0 spiro atoms. The Bertz CT molecular complexity index is 89.3. The van der Waals surface area contributed by atoms with Crippen LogP contribution in [0.25, 0.3) is 0 Å². The average molecular weight is 253 g/mol. The summed E-state index contributed by atoms with van der Waals surface area (Å²) in [4.78, 5) is 0. The molecule has 1 unspecified atom stereocenters. The predicted molar refractivity (Wildman–Crippen MR) is 53.4 cm³/mol. The lowest BCUT2D eigenvalue weighted by atomic mass is 9.87. The first kappa shape index (κ1) is 8.78. The zero-order valence-electron chi connectivity index (χ0n) is 6.35. The van der Waals surface area contributed by atoms with Crippen LogP contribution in [0.4, 0.5) is 0 Å². The molecular formula is C8H16IN. The van der Waals surface area contributed by atoms with Gasteiger partial charge in [0.05, 0.1) is 0 Å². The number of halogens is 1. The van der Waals surface area contributed by atoms with Crippen LogP contribution in [0, 0.1) is 5.92 Å². The maximum absolute atomic E-state index is 5.60. The van der Waals surface area contributed by atoms with Crippen molar-refractivity contribution in [3.63, 3.8) is 0 Å². The molecule has 1 atom stereocenters. The Morgan fingerprint density at radius 1 is 1.30 bits per heavy atom. The lowest BCUT2D eigenvalue weighted by Crippen LogP contribution is -2.25. The minimum Gasteiger partial charge on any atom is -0.329 e. The van der Waals surface area contributed by atoms with Crippen molar-refractivity contribution >= 4 is 22.6 Å². The fourth-order valence-electron chi connectivity index (χ4n) is 1.69. The first-order valence-electron chi connectivity index (χ1n) is 4.18. The number of alkyl halides is 1. The van der Waals surface area contributed by atoms with Gasteiger partial charge in [-0.25, -0.2) is 0 Å². The van der Waals surface area contributed by atoms with Crippen molar-refractivity contribution in [2.45, 2.75) is 36.0 Å². The van der Waals surface area contributed by atoms with Crippen molar-refractivity contribution in [1.29, 1.82) is 0 Å². The second-order valence-electron chi connectivity index (χ2n) is 3.15. The first-order valence-corrected chi connectivity index (χ1v) is 5.43. The maximum atomic E-state index is 5.60. The third-order valence-electron chi connectivity index (χ3n) is 2.39. The van der Waals surface area contributed by atoms with Gasteiger partial charge in [-0.1, -0.05) is 41.9 Å². The van der Waals surface area contributed by atoms with Crippen LogP contribution < -0.4 is 5.73 Å². The van der Waals surface area contributed by atoms with Gasteiger partial charge >= 0.3 is 0 Å². The van der Waals surface area contributed by atoms with Gasteiger partial charge in [-0.15, -0.1) is 0 Å². The van der Waals surface area contributed by atoms with Crippen LogP contribution in [-0.2, 0) is 0 Å². The largest absolute Gasteiger partial charge is 0.329 e. The molecule has 1 rings (SSSR count). The second-order valence-corrected chi connectivity index (χ2v) is 4.75. The molecule has 0 saturated heterocycles. The molecule has 0 bridgehead atoms. The van der Waals surface area contributed by atoms with E-state index in [9.17, 15) is 0 Å². The highest BCUT2D eigenvalue weighted by Crippen LogP contribution is 2.29. The van der Waals surface area contributed by atoms with Gasteiger partial charge in [0.2, 0.25) is 0 Å². The Kier molecular flexibility index (Phi) is 3.99. The van der Waals surface area contributed by atoms with Gasteiger partial charge in [-0.05, 0) is 18.8 Å².